The molecule has 0 aliphatic heterocycles. The minimum atomic E-state index is -0.537. The lowest BCUT2D eigenvalue weighted by Crippen LogP contribution is -2.36. The Kier molecular flexibility index (Phi) is 5.41. The molecule has 0 aliphatic rings. The van der Waals surface area contributed by atoms with Gasteiger partial charge in [0.25, 0.3) is 5.91 Å². The monoisotopic (exact) mass is 313 g/mol. The maximum atomic E-state index is 12.4. The number of rotatable bonds is 5. The first-order valence-electron chi connectivity index (χ1n) is 7.25. The summed E-state index contributed by atoms with van der Waals surface area (Å²) in [4.78, 5) is 32.4. The normalized spacial score (nSPS) is 13.0. The molecular weight excluding hydrogens is 294 g/mol. The zero-order chi connectivity index (χ0) is 16.8. The van der Waals surface area contributed by atoms with Gasteiger partial charge < -0.3 is 10.1 Å². The van der Waals surface area contributed by atoms with Crippen molar-refractivity contribution < 1.29 is 14.3 Å². The fourth-order valence-corrected chi connectivity index (χ4v) is 2.20. The van der Waals surface area contributed by atoms with Gasteiger partial charge in [-0.15, -0.1) is 0 Å². The van der Waals surface area contributed by atoms with Crippen molar-refractivity contribution in [3.63, 3.8) is 0 Å². The molecule has 1 heterocycles. The third-order valence-electron chi connectivity index (χ3n) is 3.53. The van der Waals surface area contributed by atoms with E-state index in [-0.39, 0.29) is 11.6 Å². The highest BCUT2D eigenvalue weighted by Gasteiger charge is 2.28. The number of esters is 1. The van der Waals surface area contributed by atoms with Crippen molar-refractivity contribution >= 4 is 11.9 Å². The van der Waals surface area contributed by atoms with Crippen LogP contribution in [0.4, 0.5) is 0 Å². The number of carbonyl (C=O) groups is 2. The van der Waals surface area contributed by atoms with Crippen LogP contribution in [0.5, 0.6) is 0 Å². The summed E-state index contributed by atoms with van der Waals surface area (Å²) in [6, 6.07) is 8.76. The molecule has 0 aliphatic carbocycles. The topological polar surface area (TPSA) is 81.2 Å². The summed E-state index contributed by atoms with van der Waals surface area (Å²) in [5.74, 6) is -1.32. The Balaban J connectivity index is 2.25. The van der Waals surface area contributed by atoms with Crippen molar-refractivity contribution in [2.24, 2.45) is 5.92 Å². The van der Waals surface area contributed by atoms with Gasteiger partial charge in [-0.05, 0) is 19.4 Å². The van der Waals surface area contributed by atoms with Crippen LogP contribution in [-0.2, 0) is 9.53 Å². The molecule has 23 heavy (non-hydrogen) atoms. The Labute approximate surface area is 134 Å². The van der Waals surface area contributed by atoms with E-state index in [1.165, 1.54) is 19.5 Å². The van der Waals surface area contributed by atoms with Crippen molar-refractivity contribution in [1.82, 2.24) is 15.3 Å². The van der Waals surface area contributed by atoms with E-state index < -0.39 is 17.9 Å². The number of aryl methyl sites for hydroxylation is 1. The van der Waals surface area contributed by atoms with Crippen LogP contribution in [0.3, 0.4) is 0 Å². The van der Waals surface area contributed by atoms with Gasteiger partial charge in [0.2, 0.25) is 0 Å². The van der Waals surface area contributed by atoms with Gasteiger partial charge in [-0.3, -0.25) is 14.6 Å². The number of benzene rings is 1. The molecule has 2 aromatic rings. The lowest BCUT2D eigenvalue weighted by atomic mass is 9.94. The maximum absolute atomic E-state index is 12.4. The van der Waals surface area contributed by atoms with Crippen molar-refractivity contribution in [3.8, 4) is 0 Å². The smallest absolute Gasteiger partial charge is 0.310 e. The number of hydrogen-bond donors (Lipinski definition) is 1. The molecule has 1 aromatic carbocycles. The molecule has 0 saturated carbocycles. The Hall–Kier alpha value is -2.76. The number of hydrogen-bond acceptors (Lipinski definition) is 5. The minimum absolute atomic E-state index is 0.202. The average molecular weight is 313 g/mol. The highest BCUT2D eigenvalue weighted by atomic mass is 16.5. The first-order valence-corrected chi connectivity index (χ1v) is 7.25. The second kappa shape index (κ2) is 7.49. The Morgan fingerprint density at radius 2 is 1.83 bits per heavy atom. The first-order chi connectivity index (χ1) is 11.0. The van der Waals surface area contributed by atoms with E-state index in [9.17, 15) is 9.59 Å². The minimum Gasteiger partial charge on any atom is -0.469 e. The fraction of sp³-hybridized carbons (Fsp3) is 0.294. The van der Waals surface area contributed by atoms with Gasteiger partial charge in [0.1, 0.15) is 5.69 Å². The standard InChI is InChI=1S/C17H19N3O3/c1-11-9-19-14(10-18-11)16(21)20-15(12(2)17(22)23-3)13-7-5-4-6-8-13/h4-10,12,15H,1-3H3,(H,20,21). The van der Waals surface area contributed by atoms with Gasteiger partial charge in [-0.2, -0.15) is 0 Å². The van der Waals surface area contributed by atoms with E-state index >= 15 is 0 Å². The van der Waals surface area contributed by atoms with Crippen LogP contribution in [0.2, 0.25) is 0 Å². The van der Waals surface area contributed by atoms with Crippen LogP contribution in [0, 0.1) is 12.8 Å². The Morgan fingerprint density at radius 1 is 1.13 bits per heavy atom. The second-order valence-electron chi connectivity index (χ2n) is 5.22. The second-order valence-corrected chi connectivity index (χ2v) is 5.22. The molecule has 0 saturated heterocycles. The molecule has 2 rings (SSSR count). The summed E-state index contributed by atoms with van der Waals surface area (Å²) in [6.07, 6.45) is 2.94. The highest BCUT2D eigenvalue weighted by molar-refractivity contribution is 5.92. The quantitative estimate of drug-likeness (QED) is 0.855. The lowest BCUT2D eigenvalue weighted by molar-refractivity contribution is -0.145. The van der Waals surface area contributed by atoms with E-state index in [1.807, 2.05) is 30.3 Å². The molecule has 1 amide bonds. The molecule has 0 fully saturated rings. The van der Waals surface area contributed by atoms with Gasteiger partial charge in [0.05, 0.1) is 31.0 Å². The zero-order valence-corrected chi connectivity index (χ0v) is 13.3. The summed E-state index contributed by atoms with van der Waals surface area (Å²) in [5.41, 5.74) is 1.75. The van der Waals surface area contributed by atoms with Gasteiger partial charge >= 0.3 is 5.97 Å². The van der Waals surface area contributed by atoms with Gasteiger partial charge in [0, 0.05) is 6.20 Å². The van der Waals surface area contributed by atoms with E-state index in [4.69, 9.17) is 4.74 Å². The number of carbonyl (C=O) groups excluding carboxylic acids is 2. The molecule has 0 bridgehead atoms. The van der Waals surface area contributed by atoms with Crippen LogP contribution in [-0.4, -0.2) is 29.0 Å². The van der Waals surface area contributed by atoms with Crippen LogP contribution in [0.25, 0.3) is 0 Å². The third kappa shape index (κ3) is 4.12. The largest absolute Gasteiger partial charge is 0.469 e. The van der Waals surface area contributed by atoms with Crippen molar-refractivity contribution in [2.75, 3.05) is 7.11 Å². The molecule has 1 N–H and O–H groups in total. The molecule has 2 atom stereocenters. The van der Waals surface area contributed by atoms with Crippen LogP contribution in [0.1, 0.15) is 34.7 Å². The van der Waals surface area contributed by atoms with Gasteiger partial charge in [-0.1, -0.05) is 30.3 Å². The van der Waals surface area contributed by atoms with E-state index in [0.29, 0.717) is 0 Å². The van der Waals surface area contributed by atoms with Crippen LogP contribution in [0.15, 0.2) is 42.7 Å². The van der Waals surface area contributed by atoms with E-state index in [2.05, 4.69) is 15.3 Å². The molecule has 120 valence electrons. The average Bonchev–Trinajstić information content (AvgIpc) is 2.59. The maximum Gasteiger partial charge on any atom is 0.310 e. The molecule has 6 nitrogen and oxygen atoms in total. The Bertz CT molecular complexity index is 671. The Morgan fingerprint density at radius 3 is 2.39 bits per heavy atom. The first kappa shape index (κ1) is 16.6. The molecule has 6 heteroatoms. The predicted molar refractivity (Wildman–Crippen MR) is 84.6 cm³/mol. The fourth-order valence-electron chi connectivity index (χ4n) is 2.20. The third-order valence-corrected chi connectivity index (χ3v) is 3.53. The van der Waals surface area contributed by atoms with Gasteiger partial charge in [0.15, 0.2) is 0 Å². The van der Waals surface area contributed by atoms with Crippen molar-refractivity contribution in [3.05, 3.63) is 59.7 Å². The van der Waals surface area contributed by atoms with E-state index in [1.54, 1.807) is 13.8 Å². The molecule has 1 aromatic heterocycles. The zero-order valence-electron chi connectivity index (χ0n) is 13.3. The summed E-state index contributed by atoms with van der Waals surface area (Å²) in [6.45, 7) is 3.51. The summed E-state index contributed by atoms with van der Waals surface area (Å²) in [7, 11) is 1.33. The summed E-state index contributed by atoms with van der Waals surface area (Å²) < 4.78 is 4.80. The summed E-state index contributed by atoms with van der Waals surface area (Å²) >= 11 is 0. The SMILES string of the molecule is COC(=O)C(C)C(NC(=O)c1cnc(C)cn1)c1ccccc1. The number of aromatic nitrogens is 2. The van der Waals surface area contributed by atoms with Crippen LogP contribution < -0.4 is 5.32 Å². The molecular formula is C17H19N3O3. The molecule has 0 spiro atoms. The number of methoxy groups -OCH3 is 1. The van der Waals surface area contributed by atoms with Gasteiger partial charge in [-0.25, -0.2) is 4.98 Å². The summed E-state index contributed by atoms with van der Waals surface area (Å²) in [5, 5.41) is 2.84. The lowest BCUT2D eigenvalue weighted by Gasteiger charge is -2.23. The van der Waals surface area contributed by atoms with Crippen molar-refractivity contribution in [1.29, 1.82) is 0 Å². The number of amides is 1. The van der Waals surface area contributed by atoms with E-state index in [0.717, 1.165) is 11.3 Å². The molecule has 0 radical (unpaired) electrons. The van der Waals surface area contributed by atoms with Crippen molar-refractivity contribution in [2.45, 2.75) is 19.9 Å². The number of nitrogens with one attached hydrogen (secondary N) is 1. The predicted octanol–water partition coefficient (Wildman–Crippen LogP) is 2.07. The molecule has 2 unspecified atom stereocenters. The number of nitrogens with zero attached hydrogens (tertiary/aromatic N) is 2. The number of ether oxygens (including phenoxy) is 1. The van der Waals surface area contributed by atoms with Crippen LogP contribution >= 0.6 is 0 Å². The highest BCUT2D eigenvalue weighted by Crippen LogP contribution is 2.23.